The number of piperazine rings is 1. The Morgan fingerprint density at radius 1 is 0.886 bits per heavy atom. The number of benzene rings is 2. The number of anilines is 5. The Kier molecular flexibility index (Phi) is 6.63. The van der Waals surface area contributed by atoms with Crippen molar-refractivity contribution in [1.82, 2.24) is 14.9 Å². The number of carbonyl (C=O) groups excluding carboxylic acids is 1. The zero-order chi connectivity index (χ0) is 30.2. The van der Waals surface area contributed by atoms with Crippen molar-refractivity contribution in [1.29, 1.82) is 0 Å². The highest BCUT2D eigenvalue weighted by Gasteiger charge is 2.57. The van der Waals surface area contributed by atoms with Crippen molar-refractivity contribution in [2.45, 2.75) is 71.4 Å². The third-order valence-corrected chi connectivity index (χ3v) is 11.4. The SMILES string of the molecule is Cc1cc(C)c(C)c(N2Cc3cnc(Nc4ccc(N5CCN(C)CC5)cc4)nc3N(C34CC5CC(CC(C5)C3)C4)C2=O)c1. The molecular weight excluding hydrogens is 546 g/mol. The van der Waals surface area contributed by atoms with Gasteiger partial charge >= 0.3 is 6.03 Å². The monoisotopic (exact) mass is 591 g/mol. The Morgan fingerprint density at radius 3 is 2.20 bits per heavy atom. The lowest BCUT2D eigenvalue weighted by molar-refractivity contribution is -0.000907. The van der Waals surface area contributed by atoms with E-state index in [1.165, 1.54) is 36.1 Å². The highest BCUT2D eigenvalue weighted by Crippen LogP contribution is 2.59. The minimum atomic E-state index is -0.165. The van der Waals surface area contributed by atoms with Crippen molar-refractivity contribution in [3.8, 4) is 0 Å². The second kappa shape index (κ2) is 10.5. The number of carbonyl (C=O) groups is 1. The summed E-state index contributed by atoms with van der Waals surface area (Å²) in [6.07, 6.45) is 9.20. The van der Waals surface area contributed by atoms with Gasteiger partial charge in [-0.05, 0) is 131 Å². The van der Waals surface area contributed by atoms with E-state index < -0.39 is 0 Å². The van der Waals surface area contributed by atoms with Gasteiger partial charge in [-0.1, -0.05) is 6.07 Å². The number of nitrogens with one attached hydrogen (secondary N) is 1. The van der Waals surface area contributed by atoms with E-state index in [1.54, 1.807) is 0 Å². The van der Waals surface area contributed by atoms with Crippen LogP contribution in [0.2, 0.25) is 0 Å². The summed E-state index contributed by atoms with van der Waals surface area (Å²) >= 11 is 0. The molecule has 3 aromatic rings. The lowest BCUT2D eigenvalue weighted by Crippen LogP contribution is -2.65. The fourth-order valence-electron chi connectivity index (χ4n) is 9.41. The van der Waals surface area contributed by atoms with Crippen LogP contribution in [0.4, 0.5) is 33.6 Å². The Labute approximate surface area is 261 Å². The van der Waals surface area contributed by atoms with Gasteiger partial charge in [-0.3, -0.25) is 9.80 Å². The van der Waals surface area contributed by atoms with Gasteiger partial charge < -0.3 is 15.1 Å². The first-order valence-electron chi connectivity index (χ1n) is 16.6. The van der Waals surface area contributed by atoms with E-state index in [-0.39, 0.29) is 11.6 Å². The van der Waals surface area contributed by atoms with Crippen molar-refractivity contribution in [3.63, 3.8) is 0 Å². The lowest BCUT2D eigenvalue weighted by atomic mass is 9.52. The molecule has 4 saturated carbocycles. The van der Waals surface area contributed by atoms with Crippen LogP contribution in [0.25, 0.3) is 0 Å². The quantitative estimate of drug-likeness (QED) is 0.352. The van der Waals surface area contributed by atoms with E-state index in [1.807, 2.05) is 11.1 Å². The van der Waals surface area contributed by atoms with E-state index in [0.29, 0.717) is 30.2 Å². The second-order valence-electron chi connectivity index (χ2n) is 14.6. The highest BCUT2D eigenvalue weighted by atomic mass is 16.2. The molecule has 1 saturated heterocycles. The molecule has 5 fully saturated rings. The zero-order valence-electron chi connectivity index (χ0n) is 26.6. The average Bonchev–Trinajstić information content (AvgIpc) is 2.99. The fourth-order valence-corrected chi connectivity index (χ4v) is 9.41. The topological polar surface area (TPSA) is 67.8 Å². The van der Waals surface area contributed by atoms with Gasteiger partial charge in [0.15, 0.2) is 0 Å². The molecule has 8 heteroatoms. The van der Waals surface area contributed by atoms with Crippen molar-refractivity contribution >= 4 is 34.9 Å². The summed E-state index contributed by atoms with van der Waals surface area (Å²) in [6.45, 7) is 11.2. The first kappa shape index (κ1) is 27.9. The van der Waals surface area contributed by atoms with Gasteiger partial charge in [0, 0.05) is 55.0 Å². The molecule has 1 N–H and O–H groups in total. The highest BCUT2D eigenvalue weighted by molar-refractivity contribution is 6.07. The summed E-state index contributed by atoms with van der Waals surface area (Å²) in [5.41, 5.74) is 7.63. The maximum atomic E-state index is 14.8. The van der Waals surface area contributed by atoms with Crippen LogP contribution in [0.1, 0.15) is 60.8 Å². The number of nitrogens with zero attached hydrogens (tertiary/aromatic N) is 6. The smallest absolute Gasteiger partial charge is 0.331 e. The van der Waals surface area contributed by atoms with Crippen LogP contribution < -0.4 is 20.0 Å². The number of aryl methyl sites for hydroxylation is 2. The van der Waals surface area contributed by atoms with Gasteiger partial charge in [-0.2, -0.15) is 4.98 Å². The van der Waals surface area contributed by atoms with Gasteiger partial charge in [0.05, 0.1) is 12.1 Å². The molecule has 2 amide bonds. The number of amides is 2. The minimum Gasteiger partial charge on any atom is -0.369 e. The summed E-state index contributed by atoms with van der Waals surface area (Å²) in [5, 5.41) is 3.47. The maximum absolute atomic E-state index is 14.8. The molecule has 0 atom stereocenters. The number of rotatable bonds is 5. The minimum absolute atomic E-state index is 0.0775. The van der Waals surface area contributed by atoms with Crippen molar-refractivity contribution < 1.29 is 4.79 Å². The van der Waals surface area contributed by atoms with E-state index >= 15 is 0 Å². The summed E-state index contributed by atoms with van der Waals surface area (Å²) in [4.78, 5) is 33.7. The van der Waals surface area contributed by atoms with Gasteiger partial charge in [-0.15, -0.1) is 0 Å². The Hall–Kier alpha value is -3.65. The molecule has 0 unspecified atom stereocenters. The molecule has 230 valence electrons. The second-order valence-corrected chi connectivity index (χ2v) is 14.6. The number of hydrogen-bond donors (Lipinski definition) is 1. The van der Waals surface area contributed by atoms with Gasteiger partial charge in [0.25, 0.3) is 0 Å². The first-order chi connectivity index (χ1) is 21.2. The Morgan fingerprint density at radius 2 is 1.55 bits per heavy atom. The molecule has 2 aliphatic heterocycles. The van der Waals surface area contributed by atoms with Gasteiger partial charge in [0.2, 0.25) is 5.95 Å². The van der Waals surface area contributed by atoms with Crippen LogP contribution in [0.5, 0.6) is 0 Å². The third kappa shape index (κ3) is 4.73. The summed E-state index contributed by atoms with van der Waals surface area (Å²) in [5.74, 6) is 3.51. The van der Waals surface area contributed by atoms with Crippen LogP contribution in [0.3, 0.4) is 0 Å². The van der Waals surface area contributed by atoms with Crippen molar-refractivity contribution in [2.75, 3.05) is 53.2 Å². The van der Waals surface area contributed by atoms with Crippen LogP contribution in [0, 0.1) is 38.5 Å². The van der Waals surface area contributed by atoms with E-state index in [0.717, 1.165) is 73.8 Å². The van der Waals surface area contributed by atoms with E-state index in [9.17, 15) is 4.79 Å². The zero-order valence-corrected chi connectivity index (χ0v) is 26.6. The molecule has 3 heterocycles. The van der Waals surface area contributed by atoms with Crippen molar-refractivity contribution in [3.05, 3.63) is 64.8 Å². The lowest BCUT2D eigenvalue weighted by Gasteiger charge is -2.61. The number of hydrogen-bond acceptors (Lipinski definition) is 6. The molecule has 8 nitrogen and oxygen atoms in total. The third-order valence-electron chi connectivity index (χ3n) is 11.4. The van der Waals surface area contributed by atoms with Gasteiger partial charge in [-0.25, -0.2) is 9.78 Å². The molecule has 2 aromatic carbocycles. The molecule has 4 bridgehead atoms. The number of aromatic nitrogens is 2. The molecular formula is C36H45N7O. The standard InChI is InChI=1S/C36H45N7O/c1-23-13-24(2)25(3)32(14-23)42-22-29-21-37-34(38-30-5-7-31(8-6-30)41-11-9-40(4)10-12-41)39-33(29)43(35(42)44)36-18-26-15-27(19-36)17-28(16-26)20-36/h5-8,13-14,21,26-28H,9-12,15-20,22H2,1-4H3,(H,37,38,39). The van der Waals surface area contributed by atoms with Crippen LogP contribution in [0.15, 0.2) is 42.6 Å². The van der Waals surface area contributed by atoms with Crippen molar-refractivity contribution in [2.24, 2.45) is 17.8 Å². The number of urea groups is 1. The normalized spacial score (nSPS) is 28.0. The van der Waals surface area contributed by atoms with Crippen LogP contribution in [-0.2, 0) is 6.54 Å². The summed E-state index contributed by atoms with van der Waals surface area (Å²) in [6, 6.07) is 13.0. The summed E-state index contributed by atoms with van der Waals surface area (Å²) in [7, 11) is 2.18. The molecule has 44 heavy (non-hydrogen) atoms. The fraction of sp³-hybridized carbons (Fsp3) is 0.528. The average molecular weight is 592 g/mol. The molecule has 0 radical (unpaired) electrons. The predicted octanol–water partition coefficient (Wildman–Crippen LogP) is 6.81. The molecule has 9 rings (SSSR count). The molecule has 6 aliphatic rings. The Balaban J connectivity index is 1.14. The largest absolute Gasteiger partial charge is 0.369 e. The number of likely N-dealkylation sites (N-methyl/N-ethyl adjacent to an activating group) is 1. The summed E-state index contributed by atoms with van der Waals surface area (Å²) < 4.78 is 0. The predicted molar refractivity (Wildman–Crippen MR) is 177 cm³/mol. The maximum Gasteiger partial charge on any atom is 0.331 e. The van der Waals surface area contributed by atoms with E-state index in [2.05, 4.69) is 84.2 Å². The van der Waals surface area contributed by atoms with Crippen LogP contribution in [-0.4, -0.2) is 59.7 Å². The molecule has 0 spiro atoms. The van der Waals surface area contributed by atoms with Crippen LogP contribution >= 0.6 is 0 Å². The van der Waals surface area contributed by atoms with Gasteiger partial charge in [0.1, 0.15) is 5.82 Å². The first-order valence-corrected chi connectivity index (χ1v) is 16.6. The molecule has 1 aromatic heterocycles. The molecule has 4 aliphatic carbocycles. The number of fused-ring (bicyclic) bond motifs is 1. The van der Waals surface area contributed by atoms with E-state index in [4.69, 9.17) is 9.97 Å². The Bertz CT molecular complexity index is 1560.